The van der Waals surface area contributed by atoms with Crippen molar-refractivity contribution in [3.63, 3.8) is 0 Å². The van der Waals surface area contributed by atoms with Crippen molar-refractivity contribution in [3.8, 4) is 0 Å². The molecule has 0 aromatic carbocycles. The monoisotopic (exact) mass is 275 g/mol. The van der Waals surface area contributed by atoms with Crippen LogP contribution < -0.4 is 5.32 Å². The lowest BCUT2D eigenvalue weighted by Gasteiger charge is -2.35. The standard InChI is InChI=1S/C17H29N3/c1-3-11-19-16-4-6-17(7-5-16)20(2)14-10-15-8-12-18-13-9-15/h8-9,12-13,16-17,19H,3-7,10-11,14H2,1-2H3. The van der Waals surface area contributed by atoms with Gasteiger partial charge in [-0.2, -0.15) is 0 Å². The van der Waals surface area contributed by atoms with E-state index >= 15 is 0 Å². The van der Waals surface area contributed by atoms with Gasteiger partial charge in [0.05, 0.1) is 0 Å². The predicted octanol–water partition coefficient (Wildman–Crippen LogP) is 2.87. The van der Waals surface area contributed by atoms with Crippen LogP contribution in [-0.2, 0) is 6.42 Å². The van der Waals surface area contributed by atoms with E-state index < -0.39 is 0 Å². The molecule has 1 aromatic rings. The Bertz CT molecular complexity index is 358. The Labute approximate surface area is 123 Å². The van der Waals surface area contributed by atoms with Crippen molar-refractivity contribution in [1.82, 2.24) is 15.2 Å². The quantitative estimate of drug-likeness (QED) is 0.829. The molecule has 1 fully saturated rings. The number of likely N-dealkylation sites (N-methyl/N-ethyl adjacent to an activating group) is 1. The summed E-state index contributed by atoms with van der Waals surface area (Å²) in [6.45, 7) is 4.57. The van der Waals surface area contributed by atoms with Gasteiger partial charge in [0.15, 0.2) is 0 Å². The number of hydrogen-bond donors (Lipinski definition) is 1. The summed E-state index contributed by atoms with van der Waals surface area (Å²) in [5.74, 6) is 0. The van der Waals surface area contributed by atoms with Gasteiger partial charge in [0.2, 0.25) is 0 Å². The summed E-state index contributed by atoms with van der Waals surface area (Å²) in [4.78, 5) is 6.63. The van der Waals surface area contributed by atoms with Crippen LogP contribution in [0, 0.1) is 0 Å². The van der Waals surface area contributed by atoms with E-state index in [0.29, 0.717) is 0 Å². The molecule has 0 aliphatic heterocycles. The molecule has 3 nitrogen and oxygen atoms in total. The smallest absolute Gasteiger partial charge is 0.0270 e. The van der Waals surface area contributed by atoms with Crippen LogP contribution in [-0.4, -0.2) is 42.1 Å². The van der Waals surface area contributed by atoms with Crippen LogP contribution in [0.2, 0.25) is 0 Å². The van der Waals surface area contributed by atoms with Crippen molar-refractivity contribution >= 4 is 0 Å². The number of aromatic nitrogens is 1. The lowest BCUT2D eigenvalue weighted by atomic mass is 9.90. The molecule has 20 heavy (non-hydrogen) atoms. The average Bonchev–Trinajstić information content (AvgIpc) is 2.52. The fourth-order valence-corrected chi connectivity index (χ4v) is 3.11. The van der Waals surface area contributed by atoms with E-state index in [1.165, 1.54) is 44.2 Å². The second-order valence-electron chi connectivity index (χ2n) is 6.05. The number of pyridine rings is 1. The lowest BCUT2D eigenvalue weighted by Crippen LogP contribution is -2.41. The third-order valence-electron chi connectivity index (χ3n) is 4.51. The van der Waals surface area contributed by atoms with Gasteiger partial charge in [-0.05, 0) is 69.8 Å². The molecule has 0 atom stereocenters. The van der Waals surface area contributed by atoms with Crippen LogP contribution in [0.3, 0.4) is 0 Å². The molecule has 0 radical (unpaired) electrons. The van der Waals surface area contributed by atoms with Gasteiger partial charge in [0.1, 0.15) is 0 Å². The van der Waals surface area contributed by atoms with E-state index in [9.17, 15) is 0 Å². The average molecular weight is 275 g/mol. The summed E-state index contributed by atoms with van der Waals surface area (Å²) < 4.78 is 0. The third kappa shape index (κ3) is 4.88. The van der Waals surface area contributed by atoms with E-state index in [2.05, 4.69) is 41.3 Å². The summed E-state index contributed by atoms with van der Waals surface area (Å²) in [7, 11) is 2.28. The second kappa shape index (κ2) is 8.38. The Morgan fingerprint density at radius 1 is 1.20 bits per heavy atom. The minimum Gasteiger partial charge on any atom is -0.314 e. The molecule has 0 unspecified atom stereocenters. The predicted molar refractivity (Wildman–Crippen MR) is 84.9 cm³/mol. The number of rotatable bonds is 7. The Kier molecular flexibility index (Phi) is 6.48. The largest absolute Gasteiger partial charge is 0.314 e. The van der Waals surface area contributed by atoms with E-state index in [1.54, 1.807) is 0 Å². The van der Waals surface area contributed by atoms with Crippen LogP contribution in [0.15, 0.2) is 24.5 Å². The fraction of sp³-hybridized carbons (Fsp3) is 0.706. The molecule has 3 heteroatoms. The van der Waals surface area contributed by atoms with E-state index in [1.807, 2.05) is 12.4 Å². The summed E-state index contributed by atoms with van der Waals surface area (Å²) in [6, 6.07) is 5.79. The normalized spacial score (nSPS) is 23.1. The van der Waals surface area contributed by atoms with Crippen molar-refractivity contribution < 1.29 is 0 Å². The molecular weight excluding hydrogens is 246 g/mol. The molecule has 0 bridgehead atoms. The molecule has 1 aliphatic rings. The van der Waals surface area contributed by atoms with Crippen molar-refractivity contribution in [2.45, 2.75) is 57.5 Å². The van der Waals surface area contributed by atoms with Crippen LogP contribution in [0.25, 0.3) is 0 Å². The Balaban J connectivity index is 1.68. The zero-order valence-corrected chi connectivity index (χ0v) is 13.0. The van der Waals surface area contributed by atoms with Crippen molar-refractivity contribution in [3.05, 3.63) is 30.1 Å². The summed E-state index contributed by atoms with van der Waals surface area (Å²) in [6.07, 6.45) is 11.5. The lowest BCUT2D eigenvalue weighted by molar-refractivity contribution is 0.176. The SMILES string of the molecule is CCCNC1CCC(N(C)CCc2ccncc2)CC1. The molecule has 1 N–H and O–H groups in total. The second-order valence-corrected chi connectivity index (χ2v) is 6.05. The van der Waals surface area contributed by atoms with Gasteiger partial charge in [-0.15, -0.1) is 0 Å². The first-order chi connectivity index (χ1) is 9.79. The zero-order chi connectivity index (χ0) is 14.2. The highest BCUT2D eigenvalue weighted by Gasteiger charge is 2.23. The number of hydrogen-bond acceptors (Lipinski definition) is 3. The molecule has 2 rings (SSSR count). The fourth-order valence-electron chi connectivity index (χ4n) is 3.11. The number of nitrogens with one attached hydrogen (secondary N) is 1. The molecular formula is C17H29N3. The van der Waals surface area contributed by atoms with Gasteiger partial charge in [0, 0.05) is 31.0 Å². The van der Waals surface area contributed by atoms with Crippen molar-refractivity contribution in [2.75, 3.05) is 20.1 Å². The van der Waals surface area contributed by atoms with E-state index in [-0.39, 0.29) is 0 Å². The Morgan fingerprint density at radius 2 is 1.90 bits per heavy atom. The molecule has 112 valence electrons. The summed E-state index contributed by atoms with van der Waals surface area (Å²) in [5, 5.41) is 3.66. The molecule has 1 aromatic heterocycles. The molecule has 1 heterocycles. The summed E-state index contributed by atoms with van der Waals surface area (Å²) >= 11 is 0. The maximum atomic E-state index is 4.07. The number of nitrogens with zero attached hydrogens (tertiary/aromatic N) is 2. The maximum Gasteiger partial charge on any atom is 0.0270 e. The van der Waals surface area contributed by atoms with Crippen molar-refractivity contribution in [2.24, 2.45) is 0 Å². The highest BCUT2D eigenvalue weighted by Crippen LogP contribution is 2.22. The minimum absolute atomic E-state index is 0.764. The highest BCUT2D eigenvalue weighted by atomic mass is 15.1. The minimum atomic E-state index is 0.764. The van der Waals surface area contributed by atoms with Crippen LogP contribution in [0.1, 0.15) is 44.6 Å². The molecule has 1 aliphatic carbocycles. The van der Waals surface area contributed by atoms with Crippen LogP contribution in [0.5, 0.6) is 0 Å². The highest BCUT2D eigenvalue weighted by molar-refractivity contribution is 5.09. The molecule has 0 amide bonds. The first-order valence-corrected chi connectivity index (χ1v) is 8.12. The van der Waals surface area contributed by atoms with Gasteiger partial charge >= 0.3 is 0 Å². The topological polar surface area (TPSA) is 28.2 Å². The molecule has 1 saturated carbocycles. The van der Waals surface area contributed by atoms with Gasteiger partial charge in [0.25, 0.3) is 0 Å². The van der Waals surface area contributed by atoms with Gasteiger partial charge in [-0.25, -0.2) is 0 Å². The van der Waals surface area contributed by atoms with Crippen molar-refractivity contribution in [1.29, 1.82) is 0 Å². The van der Waals surface area contributed by atoms with Gasteiger partial charge in [-0.1, -0.05) is 6.92 Å². The maximum absolute atomic E-state index is 4.07. The Hall–Kier alpha value is -0.930. The van der Waals surface area contributed by atoms with E-state index in [4.69, 9.17) is 0 Å². The molecule has 0 saturated heterocycles. The first-order valence-electron chi connectivity index (χ1n) is 8.12. The van der Waals surface area contributed by atoms with Gasteiger partial charge < -0.3 is 10.2 Å². The van der Waals surface area contributed by atoms with E-state index in [0.717, 1.165) is 25.0 Å². The van der Waals surface area contributed by atoms with Gasteiger partial charge in [-0.3, -0.25) is 4.98 Å². The Morgan fingerprint density at radius 3 is 2.55 bits per heavy atom. The zero-order valence-electron chi connectivity index (χ0n) is 13.0. The molecule has 0 spiro atoms. The summed E-state index contributed by atoms with van der Waals surface area (Å²) in [5.41, 5.74) is 1.39. The van der Waals surface area contributed by atoms with Crippen LogP contribution >= 0.6 is 0 Å². The van der Waals surface area contributed by atoms with Crippen LogP contribution in [0.4, 0.5) is 0 Å². The third-order valence-corrected chi connectivity index (χ3v) is 4.51. The first kappa shape index (κ1) is 15.5.